The van der Waals surface area contributed by atoms with E-state index < -0.39 is 0 Å². The van der Waals surface area contributed by atoms with Gasteiger partial charge in [-0.25, -0.2) is 4.98 Å². The third kappa shape index (κ3) is 3.41. The number of aryl methyl sites for hydroxylation is 1. The van der Waals surface area contributed by atoms with Crippen LogP contribution in [0.3, 0.4) is 0 Å². The number of hydrogen-bond donors (Lipinski definition) is 1. The summed E-state index contributed by atoms with van der Waals surface area (Å²) >= 11 is 4.77. The topological polar surface area (TPSA) is 56.7 Å². The van der Waals surface area contributed by atoms with Crippen molar-refractivity contribution in [2.75, 3.05) is 0 Å². The van der Waals surface area contributed by atoms with E-state index in [-0.39, 0.29) is 4.99 Å². The number of nitrogens with two attached hydrogens (primary N) is 1. The van der Waals surface area contributed by atoms with Gasteiger partial charge >= 0.3 is 0 Å². The summed E-state index contributed by atoms with van der Waals surface area (Å²) < 4.78 is 1.78. The van der Waals surface area contributed by atoms with Gasteiger partial charge in [-0.15, -0.1) is 5.10 Å². The number of aromatic nitrogens is 3. The van der Waals surface area contributed by atoms with Gasteiger partial charge in [0, 0.05) is 6.54 Å². The summed E-state index contributed by atoms with van der Waals surface area (Å²) in [6.45, 7) is 7.42. The highest BCUT2D eigenvalue weighted by atomic mass is 32.1. The Morgan fingerprint density at radius 1 is 1.57 bits per heavy atom. The highest BCUT2D eigenvalue weighted by Crippen LogP contribution is 2.18. The molecule has 0 aliphatic heterocycles. The summed E-state index contributed by atoms with van der Waals surface area (Å²) in [5.74, 6) is 0.453. The first-order valence-corrected chi connectivity index (χ1v) is 4.98. The van der Waals surface area contributed by atoms with Crippen LogP contribution in [0, 0.1) is 5.41 Å². The van der Waals surface area contributed by atoms with Crippen LogP contribution in [0.1, 0.15) is 33.0 Å². The van der Waals surface area contributed by atoms with E-state index in [1.807, 2.05) is 0 Å². The lowest BCUT2D eigenvalue weighted by molar-refractivity contribution is 0.340. The van der Waals surface area contributed by atoms with Gasteiger partial charge < -0.3 is 5.73 Å². The summed E-state index contributed by atoms with van der Waals surface area (Å²) in [6.07, 6.45) is 2.72. The number of nitrogens with zero attached hydrogens (tertiary/aromatic N) is 3. The van der Waals surface area contributed by atoms with Crippen molar-refractivity contribution in [1.82, 2.24) is 14.8 Å². The summed E-state index contributed by atoms with van der Waals surface area (Å²) in [5.41, 5.74) is 5.70. The fourth-order valence-electron chi connectivity index (χ4n) is 0.965. The molecule has 0 spiro atoms. The first-order chi connectivity index (χ1) is 6.38. The normalized spacial score (nSPS) is 11.6. The van der Waals surface area contributed by atoms with E-state index >= 15 is 0 Å². The van der Waals surface area contributed by atoms with Gasteiger partial charge in [-0.1, -0.05) is 33.0 Å². The molecule has 0 saturated carbocycles. The summed E-state index contributed by atoms with van der Waals surface area (Å²) in [6, 6.07) is 0. The van der Waals surface area contributed by atoms with E-state index in [0.717, 1.165) is 13.0 Å². The quantitative estimate of drug-likeness (QED) is 0.768. The predicted octanol–water partition coefficient (Wildman–Crippen LogP) is 1.35. The first-order valence-electron chi connectivity index (χ1n) is 4.58. The molecule has 4 nitrogen and oxygen atoms in total. The Morgan fingerprint density at radius 2 is 2.21 bits per heavy atom. The largest absolute Gasteiger partial charge is 0.387 e. The maximum atomic E-state index is 5.40. The van der Waals surface area contributed by atoms with E-state index in [0.29, 0.717) is 11.2 Å². The van der Waals surface area contributed by atoms with Crippen molar-refractivity contribution in [3.05, 3.63) is 12.2 Å². The molecule has 14 heavy (non-hydrogen) atoms. The molecular formula is C9H16N4S. The van der Waals surface area contributed by atoms with Crippen LogP contribution in [0.25, 0.3) is 0 Å². The second kappa shape index (κ2) is 4.04. The Hall–Kier alpha value is -0.970. The Balaban J connectivity index is 2.56. The molecule has 1 rings (SSSR count). The molecule has 0 fully saturated rings. The smallest absolute Gasteiger partial charge is 0.208 e. The Bertz CT molecular complexity index is 324. The minimum atomic E-state index is 0.250. The van der Waals surface area contributed by atoms with Crippen molar-refractivity contribution in [2.45, 2.75) is 33.7 Å². The van der Waals surface area contributed by atoms with Crippen molar-refractivity contribution in [3.63, 3.8) is 0 Å². The van der Waals surface area contributed by atoms with Gasteiger partial charge in [0.25, 0.3) is 0 Å². The summed E-state index contributed by atoms with van der Waals surface area (Å²) in [7, 11) is 0. The molecule has 0 bridgehead atoms. The van der Waals surface area contributed by atoms with Crippen LogP contribution in [0.2, 0.25) is 0 Å². The van der Waals surface area contributed by atoms with Crippen LogP contribution in [-0.4, -0.2) is 19.8 Å². The molecule has 5 heteroatoms. The van der Waals surface area contributed by atoms with Gasteiger partial charge in [0.05, 0.1) is 0 Å². The number of thiocarbonyl (C=S) groups is 1. The molecule has 1 aromatic heterocycles. The van der Waals surface area contributed by atoms with Crippen molar-refractivity contribution in [2.24, 2.45) is 11.1 Å². The molecule has 1 heterocycles. The molecule has 1 aromatic rings. The number of rotatable bonds is 3. The van der Waals surface area contributed by atoms with Crippen LogP contribution in [0.4, 0.5) is 0 Å². The summed E-state index contributed by atoms with van der Waals surface area (Å²) in [5, 5.41) is 4.15. The van der Waals surface area contributed by atoms with E-state index in [2.05, 4.69) is 30.9 Å². The van der Waals surface area contributed by atoms with Gasteiger partial charge in [-0.3, -0.25) is 4.68 Å². The van der Waals surface area contributed by atoms with Gasteiger partial charge in [-0.2, -0.15) is 0 Å². The fourth-order valence-corrected chi connectivity index (χ4v) is 1.06. The van der Waals surface area contributed by atoms with Gasteiger partial charge in [0.2, 0.25) is 5.82 Å². The average Bonchev–Trinajstić information content (AvgIpc) is 2.47. The Labute approximate surface area is 89.5 Å². The maximum Gasteiger partial charge on any atom is 0.208 e. The van der Waals surface area contributed by atoms with Gasteiger partial charge in [0.1, 0.15) is 11.3 Å². The van der Waals surface area contributed by atoms with Crippen molar-refractivity contribution >= 4 is 17.2 Å². The molecule has 0 aromatic carbocycles. The zero-order valence-electron chi connectivity index (χ0n) is 8.82. The van der Waals surface area contributed by atoms with E-state index in [4.69, 9.17) is 18.0 Å². The third-order valence-electron chi connectivity index (χ3n) is 1.85. The average molecular weight is 212 g/mol. The fraction of sp³-hybridized carbons (Fsp3) is 0.667. The van der Waals surface area contributed by atoms with Crippen molar-refractivity contribution in [1.29, 1.82) is 0 Å². The molecule has 0 aliphatic carbocycles. The van der Waals surface area contributed by atoms with Crippen LogP contribution in [0.5, 0.6) is 0 Å². The molecule has 0 radical (unpaired) electrons. The minimum Gasteiger partial charge on any atom is -0.387 e. The van der Waals surface area contributed by atoms with Crippen LogP contribution in [0.15, 0.2) is 6.33 Å². The predicted molar refractivity (Wildman–Crippen MR) is 60.0 cm³/mol. The lowest BCUT2D eigenvalue weighted by atomic mass is 9.92. The van der Waals surface area contributed by atoms with Gasteiger partial charge in [-0.05, 0) is 11.8 Å². The number of hydrogen-bond acceptors (Lipinski definition) is 3. The second-order valence-corrected chi connectivity index (χ2v) is 4.95. The lowest BCUT2D eigenvalue weighted by Gasteiger charge is -2.17. The maximum absolute atomic E-state index is 5.40. The third-order valence-corrected chi connectivity index (χ3v) is 2.03. The SMILES string of the molecule is CC(C)(C)CCn1cnc(C(N)=S)n1. The van der Waals surface area contributed by atoms with Crippen molar-refractivity contribution in [3.8, 4) is 0 Å². The lowest BCUT2D eigenvalue weighted by Crippen LogP contribution is -2.14. The van der Waals surface area contributed by atoms with Crippen molar-refractivity contribution < 1.29 is 0 Å². The first kappa shape index (κ1) is 11.1. The highest BCUT2D eigenvalue weighted by molar-refractivity contribution is 7.80. The monoisotopic (exact) mass is 212 g/mol. The van der Waals surface area contributed by atoms with Crippen LogP contribution < -0.4 is 5.73 Å². The van der Waals surface area contributed by atoms with Crippen LogP contribution in [-0.2, 0) is 6.54 Å². The molecule has 2 N–H and O–H groups in total. The van der Waals surface area contributed by atoms with Gasteiger partial charge in [0.15, 0.2) is 0 Å². The van der Waals surface area contributed by atoms with E-state index in [9.17, 15) is 0 Å². The molecule has 0 saturated heterocycles. The second-order valence-electron chi connectivity index (χ2n) is 4.51. The van der Waals surface area contributed by atoms with Crippen LogP contribution >= 0.6 is 12.2 Å². The Morgan fingerprint density at radius 3 is 2.64 bits per heavy atom. The molecule has 0 unspecified atom stereocenters. The molecule has 0 amide bonds. The Kier molecular flexibility index (Phi) is 3.21. The highest BCUT2D eigenvalue weighted by Gasteiger charge is 2.11. The van der Waals surface area contributed by atoms with E-state index in [1.54, 1.807) is 11.0 Å². The minimum absolute atomic E-state index is 0.250. The zero-order valence-corrected chi connectivity index (χ0v) is 9.64. The summed E-state index contributed by atoms with van der Waals surface area (Å²) in [4.78, 5) is 4.25. The standard InChI is InChI=1S/C9H16N4S/c1-9(2,3)4-5-13-6-11-8(12-13)7(10)14/h6H,4-5H2,1-3H3,(H2,10,14). The molecule has 0 atom stereocenters. The van der Waals surface area contributed by atoms with E-state index in [1.165, 1.54) is 0 Å². The molecule has 0 aliphatic rings. The zero-order chi connectivity index (χ0) is 10.8. The molecular weight excluding hydrogens is 196 g/mol. The molecule has 78 valence electrons.